The van der Waals surface area contributed by atoms with Gasteiger partial charge in [0.2, 0.25) is 0 Å². The number of hydrogen-bond acceptors (Lipinski definition) is 2. The van der Waals surface area contributed by atoms with Gasteiger partial charge in [-0.25, -0.2) is 8.78 Å². The summed E-state index contributed by atoms with van der Waals surface area (Å²) >= 11 is 5.39. The molecule has 1 aromatic rings. The first kappa shape index (κ1) is 13.4. The van der Waals surface area contributed by atoms with Crippen LogP contribution in [0, 0.1) is 11.6 Å². The molecule has 5 heteroatoms. The average molecular weight is 251 g/mol. The van der Waals surface area contributed by atoms with Crippen LogP contribution in [-0.2, 0) is 4.74 Å². The standard InChI is InChI=1S/C11H13ClF2O2/c1-2-3-16-6-11(15)7-4-10(14)8(12)5-9(7)13/h4-5,11,15H,2-3,6H2,1H3. The minimum absolute atomic E-state index is 0.0637. The lowest BCUT2D eigenvalue weighted by atomic mass is 10.1. The summed E-state index contributed by atoms with van der Waals surface area (Å²) in [6, 6.07) is 1.73. The highest BCUT2D eigenvalue weighted by Crippen LogP contribution is 2.24. The van der Waals surface area contributed by atoms with E-state index in [1.54, 1.807) is 0 Å². The Hall–Kier alpha value is -0.710. The van der Waals surface area contributed by atoms with Crippen LogP contribution in [0.15, 0.2) is 12.1 Å². The SMILES string of the molecule is CCCOCC(O)c1cc(F)c(Cl)cc1F. The van der Waals surface area contributed by atoms with Gasteiger partial charge in [0, 0.05) is 12.2 Å². The Bertz CT molecular complexity index is 358. The molecular weight excluding hydrogens is 238 g/mol. The van der Waals surface area contributed by atoms with E-state index in [-0.39, 0.29) is 17.2 Å². The van der Waals surface area contributed by atoms with E-state index < -0.39 is 17.7 Å². The first-order chi connectivity index (χ1) is 7.56. The second-order valence-corrected chi connectivity index (χ2v) is 3.79. The zero-order chi connectivity index (χ0) is 12.1. The van der Waals surface area contributed by atoms with Crippen LogP contribution in [0.3, 0.4) is 0 Å². The Morgan fingerprint density at radius 1 is 1.38 bits per heavy atom. The topological polar surface area (TPSA) is 29.5 Å². The van der Waals surface area contributed by atoms with Crippen LogP contribution < -0.4 is 0 Å². The molecule has 0 saturated carbocycles. The third-order valence-corrected chi connectivity index (χ3v) is 2.31. The van der Waals surface area contributed by atoms with E-state index in [2.05, 4.69) is 0 Å². The van der Waals surface area contributed by atoms with E-state index in [4.69, 9.17) is 16.3 Å². The van der Waals surface area contributed by atoms with Crippen LogP contribution >= 0.6 is 11.6 Å². The molecule has 1 rings (SSSR count). The van der Waals surface area contributed by atoms with Gasteiger partial charge < -0.3 is 9.84 Å². The Morgan fingerprint density at radius 3 is 2.69 bits per heavy atom. The van der Waals surface area contributed by atoms with E-state index >= 15 is 0 Å². The Morgan fingerprint density at radius 2 is 2.06 bits per heavy atom. The molecule has 1 aromatic carbocycles. The number of halogens is 3. The number of benzene rings is 1. The number of ether oxygens (including phenoxy) is 1. The first-order valence-electron chi connectivity index (χ1n) is 4.96. The third-order valence-electron chi connectivity index (χ3n) is 2.02. The van der Waals surface area contributed by atoms with Crippen molar-refractivity contribution < 1.29 is 18.6 Å². The molecule has 0 radical (unpaired) electrons. The molecule has 0 saturated heterocycles. The quantitative estimate of drug-likeness (QED) is 0.643. The van der Waals surface area contributed by atoms with E-state index in [1.165, 1.54) is 0 Å². The van der Waals surface area contributed by atoms with Gasteiger partial charge in [0.25, 0.3) is 0 Å². The van der Waals surface area contributed by atoms with Crippen molar-refractivity contribution in [3.63, 3.8) is 0 Å². The molecule has 1 atom stereocenters. The van der Waals surface area contributed by atoms with Gasteiger partial charge in [-0.3, -0.25) is 0 Å². The number of aliphatic hydroxyl groups excluding tert-OH is 1. The normalized spacial score (nSPS) is 12.8. The summed E-state index contributed by atoms with van der Waals surface area (Å²) in [6.45, 7) is 2.31. The van der Waals surface area contributed by atoms with Crippen LogP contribution in [0.5, 0.6) is 0 Å². The maximum absolute atomic E-state index is 13.3. The Labute approximate surface area is 97.8 Å². The van der Waals surface area contributed by atoms with Gasteiger partial charge in [-0.05, 0) is 18.6 Å². The molecule has 1 N–H and O–H groups in total. The molecule has 0 aromatic heterocycles. The van der Waals surface area contributed by atoms with Crippen molar-refractivity contribution in [2.45, 2.75) is 19.4 Å². The van der Waals surface area contributed by atoms with Crippen molar-refractivity contribution in [2.24, 2.45) is 0 Å². The molecule has 16 heavy (non-hydrogen) atoms. The molecule has 0 aliphatic heterocycles. The monoisotopic (exact) mass is 250 g/mol. The van der Waals surface area contributed by atoms with E-state index in [0.29, 0.717) is 6.61 Å². The van der Waals surface area contributed by atoms with Crippen molar-refractivity contribution in [2.75, 3.05) is 13.2 Å². The first-order valence-corrected chi connectivity index (χ1v) is 5.34. The number of rotatable bonds is 5. The molecular formula is C11H13ClF2O2. The summed E-state index contributed by atoms with van der Waals surface area (Å²) in [4.78, 5) is 0. The zero-order valence-corrected chi connectivity index (χ0v) is 9.60. The van der Waals surface area contributed by atoms with Gasteiger partial charge in [0.15, 0.2) is 0 Å². The predicted octanol–water partition coefficient (Wildman–Crippen LogP) is 3.08. The van der Waals surface area contributed by atoms with Gasteiger partial charge in [-0.1, -0.05) is 18.5 Å². The van der Waals surface area contributed by atoms with Gasteiger partial charge >= 0.3 is 0 Å². The van der Waals surface area contributed by atoms with Crippen molar-refractivity contribution in [3.8, 4) is 0 Å². The highest BCUT2D eigenvalue weighted by atomic mass is 35.5. The van der Waals surface area contributed by atoms with Crippen molar-refractivity contribution in [1.29, 1.82) is 0 Å². The lowest BCUT2D eigenvalue weighted by Crippen LogP contribution is -2.10. The second-order valence-electron chi connectivity index (χ2n) is 3.38. The minimum atomic E-state index is -1.18. The highest BCUT2D eigenvalue weighted by molar-refractivity contribution is 6.30. The number of hydrogen-bond donors (Lipinski definition) is 1. The van der Waals surface area contributed by atoms with Crippen LogP contribution in [0.1, 0.15) is 25.0 Å². The molecule has 0 heterocycles. The molecule has 0 spiro atoms. The van der Waals surface area contributed by atoms with Crippen LogP contribution in [0.2, 0.25) is 5.02 Å². The van der Waals surface area contributed by atoms with Crippen molar-refractivity contribution >= 4 is 11.6 Å². The molecule has 0 fully saturated rings. The highest BCUT2D eigenvalue weighted by Gasteiger charge is 2.16. The molecule has 0 bridgehead atoms. The summed E-state index contributed by atoms with van der Waals surface area (Å²) in [5, 5.41) is 9.27. The lowest BCUT2D eigenvalue weighted by Gasteiger charge is -2.12. The Kier molecular flexibility index (Phi) is 5.12. The summed E-state index contributed by atoms with van der Waals surface area (Å²) in [7, 11) is 0. The largest absolute Gasteiger partial charge is 0.386 e. The van der Waals surface area contributed by atoms with Crippen molar-refractivity contribution in [3.05, 3.63) is 34.4 Å². The third kappa shape index (κ3) is 3.40. The fourth-order valence-electron chi connectivity index (χ4n) is 1.22. The fourth-order valence-corrected chi connectivity index (χ4v) is 1.37. The van der Waals surface area contributed by atoms with Gasteiger partial charge in [-0.15, -0.1) is 0 Å². The van der Waals surface area contributed by atoms with Gasteiger partial charge in [0.1, 0.15) is 17.7 Å². The zero-order valence-electron chi connectivity index (χ0n) is 8.84. The summed E-state index contributed by atoms with van der Waals surface area (Å²) < 4.78 is 31.4. The van der Waals surface area contributed by atoms with Gasteiger partial charge in [-0.2, -0.15) is 0 Å². The van der Waals surface area contributed by atoms with E-state index in [9.17, 15) is 13.9 Å². The van der Waals surface area contributed by atoms with Crippen LogP contribution in [0.25, 0.3) is 0 Å². The molecule has 90 valence electrons. The maximum Gasteiger partial charge on any atom is 0.142 e. The number of aliphatic hydroxyl groups is 1. The van der Waals surface area contributed by atoms with Crippen molar-refractivity contribution in [1.82, 2.24) is 0 Å². The minimum Gasteiger partial charge on any atom is -0.386 e. The van der Waals surface area contributed by atoms with Crippen LogP contribution in [0.4, 0.5) is 8.78 Å². The molecule has 1 unspecified atom stereocenters. The summed E-state index contributed by atoms with van der Waals surface area (Å²) in [6.07, 6.45) is -0.386. The lowest BCUT2D eigenvalue weighted by molar-refractivity contribution is 0.0344. The fraction of sp³-hybridized carbons (Fsp3) is 0.455. The predicted molar refractivity (Wildman–Crippen MR) is 57.4 cm³/mol. The molecule has 2 nitrogen and oxygen atoms in total. The average Bonchev–Trinajstić information content (AvgIpc) is 2.23. The molecule has 0 amide bonds. The van der Waals surface area contributed by atoms with Gasteiger partial charge in [0.05, 0.1) is 11.6 Å². The van der Waals surface area contributed by atoms with E-state index in [0.717, 1.165) is 18.6 Å². The molecule has 0 aliphatic rings. The second kappa shape index (κ2) is 6.13. The van der Waals surface area contributed by atoms with E-state index in [1.807, 2.05) is 6.92 Å². The molecule has 0 aliphatic carbocycles. The summed E-state index contributed by atoms with van der Waals surface area (Å²) in [5.41, 5.74) is -0.141. The maximum atomic E-state index is 13.3. The Balaban J connectivity index is 2.75. The smallest absolute Gasteiger partial charge is 0.142 e. The van der Waals surface area contributed by atoms with Crippen LogP contribution in [-0.4, -0.2) is 18.3 Å². The summed E-state index contributed by atoms with van der Waals surface area (Å²) in [5.74, 6) is -1.49.